The van der Waals surface area contributed by atoms with Gasteiger partial charge in [0.2, 0.25) is 23.6 Å². The fraction of sp³-hybridized carbons (Fsp3) is 0.296. The molecular formula is C27H29F3N8O3. The van der Waals surface area contributed by atoms with E-state index in [9.17, 15) is 22.8 Å². The number of rotatable bonds is 9. The number of alkyl halides is 3. The van der Waals surface area contributed by atoms with Gasteiger partial charge in [0.1, 0.15) is 22.9 Å². The van der Waals surface area contributed by atoms with E-state index in [1.54, 1.807) is 29.2 Å². The number of likely N-dealkylation sites (N-methyl/N-ethyl adjacent to an activating group) is 1. The summed E-state index contributed by atoms with van der Waals surface area (Å²) in [6, 6.07) is 9.59. The number of nitrogens with zero attached hydrogens (tertiary/aromatic N) is 5. The summed E-state index contributed by atoms with van der Waals surface area (Å²) in [4.78, 5) is 39.5. The van der Waals surface area contributed by atoms with E-state index < -0.39 is 23.5 Å². The SMILES string of the molecule is C=CC(=O)Nc1cccc(Nc2nc(Nc3ccc(N(C)C4CCN(C(C)=O)C4)nc3OC)ncc2C(F)(F)F)c1. The Kier molecular flexibility index (Phi) is 8.59. The molecule has 2 aromatic heterocycles. The molecule has 1 aromatic carbocycles. The second-order valence-electron chi connectivity index (χ2n) is 9.22. The molecule has 1 saturated heterocycles. The molecule has 4 rings (SSSR count). The molecule has 1 atom stereocenters. The third-order valence-electron chi connectivity index (χ3n) is 6.48. The fourth-order valence-corrected chi connectivity index (χ4v) is 4.28. The monoisotopic (exact) mass is 570 g/mol. The van der Waals surface area contributed by atoms with Crippen molar-refractivity contribution in [3.63, 3.8) is 0 Å². The first-order chi connectivity index (χ1) is 19.5. The molecule has 1 fully saturated rings. The molecule has 0 spiro atoms. The molecule has 3 aromatic rings. The van der Waals surface area contributed by atoms with Gasteiger partial charge in [0.25, 0.3) is 0 Å². The van der Waals surface area contributed by atoms with Crippen LogP contribution in [0.4, 0.5) is 47.8 Å². The largest absolute Gasteiger partial charge is 0.479 e. The Hall–Kier alpha value is -4.88. The molecule has 1 aliphatic rings. The second-order valence-corrected chi connectivity index (χ2v) is 9.22. The quantitative estimate of drug-likeness (QED) is 0.318. The Morgan fingerprint density at radius 2 is 1.93 bits per heavy atom. The molecule has 0 bridgehead atoms. The zero-order chi connectivity index (χ0) is 29.7. The van der Waals surface area contributed by atoms with Crippen LogP contribution in [0.15, 0.2) is 55.3 Å². The topological polar surface area (TPSA) is 125 Å². The molecule has 11 nitrogen and oxygen atoms in total. The summed E-state index contributed by atoms with van der Waals surface area (Å²) in [6.07, 6.45) is -2.20. The lowest BCUT2D eigenvalue weighted by molar-refractivity contribution is -0.137. The van der Waals surface area contributed by atoms with Crippen molar-refractivity contribution in [1.29, 1.82) is 0 Å². The van der Waals surface area contributed by atoms with Crippen molar-refractivity contribution in [1.82, 2.24) is 19.9 Å². The molecule has 3 N–H and O–H groups in total. The number of aromatic nitrogens is 3. The van der Waals surface area contributed by atoms with Crippen molar-refractivity contribution in [3.8, 4) is 5.88 Å². The number of pyridine rings is 1. The Morgan fingerprint density at radius 3 is 2.59 bits per heavy atom. The van der Waals surface area contributed by atoms with Crippen LogP contribution in [-0.2, 0) is 15.8 Å². The second kappa shape index (κ2) is 12.1. The van der Waals surface area contributed by atoms with Crippen LogP contribution in [0, 0.1) is 0 Å². The van der Waals surface area contributed by atoms with Gasteiger partial charge in [0.15, 0.2) is 0 Å². The number of anilines is 6. The zero-order valence-corrected chi connectivity index (χ0v) is 22.6. The number of hydrogen-bond donors (Lipinski definition) is 3. The van der Waals surface area contributed by atoms with Gasteiger partial charge in [-0.05, 0) is 42.8 Å². The van der Waals surface area contributed by atoms with E-state index in [4.69, 9.17) is 4.74 Å². The molecule has 14 heteroatoms. The van der Waals surface area contributed by atoms with Crippen LogP contribution in [-0.4, -0.2) is 65.0 Å². The number of hydrogen-bond acceptors (Lipinski definition) is 9. The maximum absolute atomic E-state index is 13.8. The number of ether oxygens (including phenoxy) is 1. The minimum Gasteiger partial charge on any atom is -0.479 e. The summed E-state index contributed by atoms with van der Waals surface area (Å²) in [5.74, 6) is -0.301. The van der Waals surface area contributed by atoms with Gasteiger partial charge >= 0.3 is 6.18 Å². The lowest BCUT2D eigenvalue weighted by atomic mass is 10.2. The van der Waals surface area contributed by atoms with Gasteiger partial charge in [0.05, 0.1) is 7.11 Å². The van der Waals surface area contributed by atoms with Gasteiger partial charge in [-0.25, -0.2) is 4.98 Å². The van der Waals surface area contributed by atoms with Crippen LogP contribution >= 0.6 is 0 Å². The Labute approximate surface area is 234 Å². The smallest absolute Gasteiger partial charge is 0.421 e. The van der Waals surface area contributed by atoms with Crippen molar-refractivity contribution >= 4 is 46.5 Å². The van der Waals surface area contributed by atoms with Crippen molar-refractivity contribution < 1.29 is 27.5 Å². The molecule has 41 heavy (non-hydrogen) atoms. The Morgan fingerprint density at radius 1 is 1.17 bits per heavy atom. The Balaban J connectivity index is 1.58. The summed E-state index contributed by atoms with van der Waals surface area (Å²) >= 11 is 0. The first-order valence-electron chi connectivity index (χ1n) is 12.5. The minimum atomic E-state index is -4.74. The van der Waals surface area contributed by atoms with Crippen molar-refractivity contribution in [2.24, 2.45) is 0 Å². The number of nitrogens with one attached hydrogen (secondary N) is 3. The van der Waals surface area contributed by atoms with Gasteiger partial charge in [-0.3, -0.25) is 9.59 Å². The first kappa shape index (κ1) is 29.1. The van der Waals surface area contributed by atoms with E-state index >= 15 is 0 Å². The van der Waals surface area contributed by atoms with E-state index in [-0.39, 0.29) is 29.5 Å². The van der Waals surface area contributed by atoms with Crippen LogP contribution < -0.4 is 25.6 Å². The average Bonchev–Trinajstić information content (AvgIpc) is 3.43. The summed E-state index contributed by atoms with van der Waals surface area (Å²) in [6.45, 7) is 6.15. The van der Waals surface area contributed by atoms with E-state index in [2.05, 4.69) is 37.5 Å². The third kappa shape index (κ3) is 7.01. The highest BCUT2D eigenvalue weighted by atomic mass is 19.4. The van der Waals surface area contributed by atoms with Crippen LogP contribution in [0.1, 0.15) is 18.9 Å². The minimum absolute atomic E-state index is 0.0172. The standard InChI is InChI=1S/C27H29F3N8O3/c1-5-23(40)32-17-7-6-8-18(13-17)33-24-20(27(28,29)30)14-31-26(36-24)34-21-9-10-22(35-25(21)41-4)37(3)19-11-12-38(15-19)16(2)39/h5-10,13-14,19H,1,11-12,15H2,2-4H3,(H,32,40)(H2,31,33,34,36). The van der Waals surface area contributed by atoms with E-state index in [1.165, 1.54) is 26.2 Å². The highest BCUT2D eigenvalue weighted by Gasteiger charge is 2.35. The maximum Gasteiger partial charge on any atom is 0.421 e. The summed E-state index contributed by atoms with van der Waals surface area (Å²) in [5.41, 5.74) is -0.139. The van der Waals surface area contributed by atoms with Crippen LogP contribution in [0.3, 0.4) is 0 Å². The summed E-state index contributed by atoms with van der Waals surface area (Å²) < 4.78 is 46.8. The van der Waals surface area contributed by atoms with Crippen molar-refractivity contribution in [3.05, 3.63) is 60.8 Å². The number of carbonyl (C=O) groups excluding carboxylic acids is 2. The molecule has 216 valence electrons. The predicted molar refractivity (Wildman–Crippen MR) is 149 cm³/mol. The first-order valence-corrected chi connectivity index (χ1v) is 12.5. The lowest BCUT2D eigenvalue weighted by Gasteiger charge is -2.26. The van der Waals surface area contributed by atoms with E-state index in [0.29, 0.717) is 36.5 Å². The van der Waals surface area contributed by atoms with Gasteiger partial charge in [-0.15, -0.1) is 0 Å². The highest BCUT2D eigenvalue weighted by Crippen LogP contribution is 2.36. The van der Waals surface area contributed by atoms with Crippen LogP contribution in [0.25, 0.3) is 0 Å². The molecule has 1 aliphatic heterocycles. The van der Waals surface area contributed by atoms with Crippen LogP contribution in [0.2, 0.25) is 0 Å². The van der Waals surface area contributed by atoms with Gasteiger partial charge in [-0.2, -0.15) is 23.1 Å². The predicted octanol–water partition coefficient (Wildman–Crippen LogP) is 4.57. The molecule has 0 radical (unpaired) electrons. The van der Waals surface area contributed by atoms with Gasteiger partial charge in [0, 0.05) is 50.7 Å². The fourth-order valence-electron chi connectivity index (χ4n) is 4.28. The lowest BCUT2D eigenvalue weighted by Crippen LogP contribution is -2.36. The normalized spacial score (nSPS) is 14.8. The number of methoxy groups -OCH3 is 1. The molecule has 3 heterocycles. The van der Waals surface area contributed by atoms with E-state index in [1.807, 2.05) is 11.9 Å². The molecule has 1 unspecified atom stereocenters. The third-order valence-corrected chi connectivity index (χ3v) is 6.48. The van der Waals surface area contributed by atoms with Gasteiger partial charge in [-0.1, -0.05) is 12.6 Å². The zero-order valence-electron chi connectivity index (χ0n) is 22.6. The number of carbonyl (C=O) groups is 2. The number of benzene rings is 1. The number of halogens is 3. The Bertz CT molecular complexity index is 1450. The van der Waals surface area contributed by atoms with Gasteiger partial charge < -0.3 is 30.5 Å². The molecule has 2 amide bonds. The number of amides is 2. The maximum atomic E-state index is 13.8. The van der Waals surface area contributed by atoms with Crippen molar-refractivity contribution in [2.75, 3.05) is 48.1 Å². The molecular weight excluding hydrogens is 541 g/mol. The summed E-state index contributed by atoms with van der Waals surface area (Å²) in [7, 11) is 3.29. The molecule has 0 aliphatic carbocycles. The van der Waals surface area contributed by atoms with Crippen molar-refractivity contribution in [2.45, 2.75) is 25.6 Å². The average molecular weight is 571 g/mol. The molecule has 0 saturated carbocycles. The van der Waals surface area contributed by atoms with E-state index in [0.717, 1.165) is 12.5 Å². The number of likely N-dealkylation sites (tertiary alicyclic amines) is 1. The summed E-state index contributed by atoms with van der Waals surface area (Å²) in [5, 5.41) is 8.09. The highest BCUT2D eigenvalue weighted by molar-refractivity contribution is 5.99. The van der Waals surface area contributed by atoms with Crippen LogP contribution in [0.5, 0.6) is 5.88 Å².